The Hall–Kier alpha value is -2.38. The van der Waals surface area contributed by atoms with Crippen LogP contribution >= 0.6 is 23.1 Å². The first kappa shape index (κ1) is 19.9. The van der Waals surface area contributed by atoms with Crippen molar-refractivity contribution in [3.63, 3.8) is 0 Å². The minimum Gasteiger partial charge on any atom is -0.368 e. The Morgan fingerprint density at radius 2 is 1.76 bits per heavy atom. The number of anilines is 1. The summed E-state index contributed by atoms with van der Waals surface area (Å²) in [5.74, 6) is 0.683. The molecule has 1 saturated heterocycles. The SMILES string of the molecule is Cc1csc(SCc2ccc(C(=O)N3CCN(c4ccc(F)cc4)CC3)cc2)n1. The van der Waals surface area contributed by atoms with Crippen molar-refractivity contribution in [2.75, 3.05) is 31.1 Å². The van der Waals surface area contributed by atoms with E-state index in [2.05, 4.69) is 15.3 Å². The molecule has 1 fully saturated rings. The zero-order valence-electron chi connectivity index (χ0n) is 16.2. The maximum Gasteiger partial charge on any atom is 0.253 e. The molecule has 1 aliphatic heterocycles. The van der Waals surface area contributed by atoms with Crippen LogP contribution in [0, 0.1) is 12.7 Å². The van der Waals surface area contributed by atoms with Crippen LogP contribution < -0.4 is 4.90 Å². The normalized spacial score (nSPS) is 14.3. The average molecular weight is 428 g/mol. The maximum atomic E-state index is 13.1. The third-order valence-electron chi connectivity index (χ3n) is 4.92. The van der Waals surface area contributed by atoms with E-state index >= 15 is 0 Å². The lowest BCUT2D eigenvalue weighted by Gasteiger charge is -2.36. The molecule has 29 heavy (non-hydrogen) atoms. The molecule has 0 spiro atoms. The number of benzene rings is 2. The van der Waals surface area contributed by atoms with Crippen LogP contribution in [0.4, 0.5) is 10.1 Å². The van der Waals surface area contributed by atoms with Gasteiger partial charge >= 0.3 is 0 Å². The molecule has 0 saturated carbocycles. The summed E-state index contributed by atoms with van der Waals surface area (Å²) in [6, 6.07) is 14.4. The summed E-state index contributed by atoms with van der Waals surface area (Å²) < 4.78 is 14.2. The number of carbonyl (C=O) groups is 1. The van der Waals surface area contributed by atoms with Gasteiger partial charge in [-0.3, -0.25) is 4.79 Å². The number of carbonyl (C=O) groups excluding carboxylic acids is 1. The van der Waals surface area contributed by atoms with E-state index in [-0.39, 0.29) is 11.7 Å². The molecule has 1 aromatic heterocycles. The van der Waals surface area contributed by atoms with Gasteiger partial charge in [-0.05, 0) is 48.9 Å². The van der Waals surface area contributed by atoms with Crippen LogP contribution in [0.15, 0.2) is 58.3 Å². The van der Waals surface area contributed by atoms with Gasteiger partial charge in [-0.15, -0.1) is 11.3 Å². The lowest BCUT2D eigenvalue weighted by molar-refractivity contribution is 0.0747. The highest BCUT2D eigenvalue weighted by Crippen LogP contribution is 2.26. The highest BCUT2D eigenvalue weighted by Gasteiger charge is 2.22. The number of piperazine rings is 1. The van der Waals surface area contributed by atoms with Crippen molar-refractivity contribution >= 4 is 34.7 Å². The number of thiazole rings is 1. The summed E-state index contributed by atoms with van der Waals surface area (Å²) in [5, 5.41) is 2.06. The van der Waals surface area contributed by atoms with E-state index in [1.54, 1.807) is 35.2 Å². The van der Waals surface area contributed by atoms with Gasteiger partial charge in [0.05, 0.1) is 0 Å². The van der Waals surface area contributed by atoms with Crippen LogP contribution in [0.25, 0.3) is 0 Å². The fourth-order valence-electron chi connectivity index (χ4n) is 3.29. The number of aryl methyl sites for hydroxylation is 1. The Labute approximate surface area is 178 Å². The van der Waals surface area contributed by atoms with Gasteiger partial charge in [-0.1, -0.05) is 23.9 Å². The minimum absolute atomic E-state index is 0.0681. The summed E-state index contributed by atoms with van der Waals surface area (Å²) >= 11 is 3.38. The van der Waals surface area contributed by atoms with E-state index in [0.717, 1.165) is 40.1 Å². The number of thioether (sulfide) groups is 1. The zero-order chi connectivity index (χ0) is 20.2. The van der Waals surface area contributed by atoms with Crippen LogP contribution in [0.3, 0.4) is 0 Å². The van der Waals surface area contributed by atoms with Crippen molar-refractivity contribution in [2.45, 2.75) is 17.0 Å². The first-order valence-corrected chi connectivity index (χ1v) is 11.4. The van der Waals surface area contributed by atoms with Crippen molar-refractivity contribution in [3.8, 4) is 0 Å². The number of rotatable bonds is 5. The molecule has 4 rings (SSSR count). The van der Waals surface area contributed by atoms with Crippen LogP contribution in [0.1, 0.15) is 21.6 Å². The molecule has 0 aliphatic carbocycles. The molecule has 1 aliphatic rings. The van der Waals surface area contributed by atoms with Gasteiger partial charge in [-0.25, -0.2) is 9.37 Å². The quantitative estimate of drug-likeness (QED) is 0.546. The topological polar surface area (TPSA) is 36.4 Å². The Morgan fingerprint density at radius 1 is 1.07 bits per heavy atom. The van der Waals surface area contributed by atoms with Crippen LogP contribution in [-0.2, 0) is 5.75 Å². The van der Waals surface area contributed by atoms with E-state index in [1.165, 1.54) is 17.7 Å². The standard InChI is InChI=1S/C22H22FN3OS2/c1-16-14-28-22(24-16)29-15-17-2-4-18(5-3-17)21(27)26-12-10-25(11-13-26)20-8-6-19(23)7-9-20/h2-9,14H,10-13,15H2,1H3. The predicted octanol–water partition coefficient (Wildman–Crippen LogP) is 4.85. The molecule has 2 heterocycles. The molecular weight excluding hydrogens is 405 g/mol. The van der Waals surface area contributed by atoms with Crippen molar-refractivity contribution in [3.05, 3.63) is 76.5 Å². The second kappa shape index (κ2) is 8.97. The molecular formula is C22H22FN3OS2. The smallest absolute Gasteiger partial charge is 0.253 e. The Morgan fingerprint density at radius 3 is 2.38 bits per heavy atom. The van der Waals surface area contributed by atoms with Gasteiger partial charge in [0, 0.05) is 54.3 Å². The van der Waals surface area contributed by atoms with E-state index in [1.807, 2.05) is 36.1 Å². The van der Waals surface area contributed by atoms with Crippen LogP contribution in [-0.4, -0.2) is 42.0 Å². The summed E-state index contributed by atoms with van der Waals surface area (Å²) in [4.78, 5) is 21.4. The van der Waals surface area contributed by atoms with Crippen molar-refractivity contribution < 1.29 is 9.18 Å². The van der Waals surface area contributed by atoms with Crippen molar-refractivity contribution in [2.24, 2.45) is 0 Å². The number of hydrogen-bond acceptors (Lipinski definition) is 5. The summed E-state index contributed by atoms with van der Waals surface area (Å²) in [7, 11) is 0. The fourth-order valence-corrected chi connectivity index (χ4v) is 5.09. The zero-order valence-corrected chi connectivity index (χ0v) is 17.8. The Bertz CT molecular complexity index is 964. The molecule has 0 N–H and O–H groups in total. The fraction of sp³-hybridized carbons (Fsp3) is 0.273. The van der Waals surface area contributed by atoms with Crippen LogP contribution in [0.2, 0.25) is 0 Å². The molecule has 1 amide bonds. The second-order valence-corrected chi connectivity index (χ2v) is 9.08. The number of aromatic nitrogens is 1. The highest BCUT2D eigenvalue weighted by molar-refractivity contribution is 8.00. The lowest BCUT2D eigenvalue weighted by atomic mass is 10.1. The van der Waals surface area contributed by atoms with Gasteiger partial charge in [0.1, 0.15) is 10.2 Å². The molecule has 4 nitrogen and oxygen atoms in total. The average Bonchev–Trinajstić information content (AvgIpc) is 3.18. The Balaban J connectivity index is 1.31. The number of halogens is 1. The van der Waals surface area contributed by atoms with E-state index in [9.17, 15) is 9.18 Å². The maximum absolute atomic E-state index is 13.1. The van der Waals surface area contributed by atoms with Gasteiger partial charge < -0.3 is 9.80 Å². The molecule has 150 valence electrons. The van der Waals surface area contributed by atoms with Crippen molar-refractivity contribution in [1.82, 2.24) is 9.88 Å². The van der Waals surface area contributed by atoms with E-state index in [0.29, 0.717) is 13.1 Å². The molecule has 0 unspecified atom stereocenters. The highest BCUT2D eigenvalue weighted by atomic mass is 32.2. The molecule has 2 aromatic carbocycles. The van der Waals surface area contributed by atoms with E-state index in [4.69, 9.17) is 0 Å². The van der Waals surface area contributed by atoms with Gasteiger partial charge in [0.15, 0.2) is 0 Å². The summed E-state index contributed by atoms with van der Waals surface area (Å²) in [6.07, 6.45) is 0. The first-order chi connectivity index (χ1) is 14.1. The third-order valence-corrected chi connectivity index (χ3v) is 7.13. The first-order valence-electron chi connectivity index (χ1n) is 9.52. The minimum atomic E-state index is -0.230. The molecule has 0 atom stereocenters. The molecule has 7 heteroatoms. The summed E-state index contributed by atoms with van der Waals surface area (Å²) in [5.41, 5.74) is 3.95. The van der Waals surface area contributed by atoms with E-state index < -0.39 is 0 Å². The Kier molecular flexibility index (Phi) is 6.16. The molecule has 0 bridgehead atoms. The third kappa shape index (κ3) is 4.97. The lowest BCUT2D eigenvalue weighted by Crippen LogP contribution is -2.48. The van der Waals surface area contributed by atoms with Gasteiger partial charge in [0.2, 0.25) is 0 Å². The second-order valence-electron chi connectivity index (χ2n) is 7.00. The molecule has 0 radical (unpaired) electrons. The monoisotopic (exact) mass is 427 g/mol. The number of amides is 1. The molecule has 3 aromatic rings. The summed E-state index contributed by atoms with van der Waals surface area (Å²) in [6.45, 7) is 4.83. The number of hydrogen-bond donors (Lipinski definition) is 0. The van der Waals surface area contributed by atoms with Gasteiger partial charge in [-0.2, -0.15) is 0 Å². The van der Waals surface area contributed by atoms with Gasteiger partial charge in [0.25, 0.3) is 5.91 Å². The van der Waals surface area contributed by atoms with Crippen LogP contribution in [0.5, 0.6) is 0 Å². The predicted molar refractivity (Wildman–Crippen MR) is 117 cm³/mol. The van der Waals surface area contributed by atoms with Crippen molar-refractivity contribution in [1.29, 1.82) is 0 Å². The largest absolute Gasteiger partial charge is 0.368 e. The number of nitrogens with zero attached hydrogens (tertiary/aromatic N) is 3.